The standard InChI is InChI=1S/C22H25N3O4/c1-5-16-7-6-8-17(13-16)25-22(23)18-14-20(28-11-9-26-3)21(15-19(18)24-2)29-12-10-27-4/h1,6-8,13-15H,2,9-12H2,3-4H3,(H2,23,25). The summed E-state index contributed by atoms with van der Waals surface area (Å²) in [6, 6.07) is 10.7. The summed E-state index contributed by atoms with van der Waals surface area (Å²) >= 11 is 0. The maximum Gasteiger partial charge on any atom is 0.163 e. The third-order valence-corrected chi connectivity index (χ3v) is 3.86. The van der Waals surface area contributed by atoms with E-state index in [0.29, 0.717) is 60.4 Å². The minimum Gasteiger partial charge on any atom is -0.487 e. The zero-order valence-electron chi connectivity index (χ0n) is 16.7. The fourth-order valence-electron chi connectivity index (χ4n) is 2.45. The largest absolute Gasteiger partial charge is 0.487 e. The van der Waals surface area contributed by atoms with Crippen LogP contribution in [0.2, 0.25) is 0 Å². The van der Waals surface area contributed by atoms with Gasteiger partial charge in [-0.05, 0) is 31.0 Å². The summed E-state index contributed by atoms with van der Waals surface area (Å²) in [5.41, 5.74) is 8.70. The molecular formula is C22H25N3O4. The third-order valence-electron chi connectivity index (χ3n) is 3.86. The SMILES string of the molecule is C#Cc1cccc(N=C(N)c2cc(OCCOC)c(OCCOC)cc2N=C)c1. The maximum atomic E-state index is 6.26. The molecule has 152 valence electrons. The first kappa shape index (κ1) is 22.0. The minimum absolute atomic E-state index is 0.251. The molecular weight excluding hydrogens is 370 g/mol. The number of methoxy groups -OCH3 is 2. The van der Waals surface area contributed by atoms with E-state index in [0.717, 1.165) is 0 Å². The highest BCUT2D eigenvalue weighted by molar-refractivity contribution is 6.04. The Kier molecular flexibility index (Phi) is 8.70. The first-order chi connectivity index (χ1) is 14.1. The number of hydrogen-bond acceptors (Lipinski definition) is 6. The van der Waals surface area contributed by atoms with Gasteiger partial charge in [-0.1, -0.05) is 12.0 Å². The van der Waals surface area contributed by atoms with Gasteiger partial charge in [0.05, 0.1) is 24.6 Å². The van der Waals surface area contributed by atoms with Gasteiger partial charge < -0.3 is 24.7 Å². The fraction of sp³-hybridized carbons (Fsp3) is 0.273. The summed E-state index contributed by atoms with van der Waals surface area (Å²) in [7, 11) is 3.20. The fourth-order valence-corrected chi connectivity index (χ4v) is 2.45. The van der Waals surface area contributed by atoms with Gasteiger partial charge in [-0.15, -0.1) is 6.42 Å². The van der Waals surface area contributed by atoms with Crippen LogP contribution in [0.1, 0.15) is 11.1 Å². The quantitative estimate of drug-likeness (QED) is 0.273. The Morgan fingerprint density at radius 2 is 1.69 bits per heavy atom. The van der Waals surface area contributed by atoms with Crippen molar-refractivity contribution in [3.63, 3.8) is 0 Å². The zero-order valence-corrected chi connectivity index (χ0v) is 16.7. The molecule has 0 amide bonds. The minimum atomic E-state index is 0.251. The molecule has 0 bridgehead atoms. The lowest BCUT2D eigenvalue weighted by molar-refractivity contribution is 0.132. The summed E-state index contributed by atoms with van der Waals surface area (Å²) in [5.74, 6) is 3.83. The molecule has 0 aliphatic heterocycles. The molecule has 0 radical (unpaired) electrons. The Balaban J connectivity index is 2.42. The molecule has 0 saturated carbocycles. The van der Waals surface area contributed by atoms with E-state index < -0.39 is 0 Å². The van der Waals surface area contributed by atoms with Crippen molar-refractivity contribution in [3.8, 4) is 23.8 Å². The van der Waals surface area contributed by atoms with Gasteiger partial charge >= 0.3 is 0 Å². The smallest absolute Gasteiger partial charge is 0.163 e. The molecule has 2 aromatic carbocycles. The van der Waals surface area contributed by atoms with Crippen LogP contribution in [0.25, 0.3) is 0 Å². The van der Waals surface area contributed by atoms with E-state index >= 15 is 0 Å². The van der Waals surface area contributed by atoms with Gasteiger partial charge in [0.25, 0.3) is 0 Å². The predicted octanol–water partition coefficient (Wildman–Crippen LogP) is 3.09. The molecule has 7 heteroatoms. The Labute approximate surface area is 171 Å². The second kappa shape index (κ2) is 11.5. The number of amidine groups is 1. The van der Waals surface area contributed by atoms with Crippen LogP contribution < -0.4 is 15.2 Å². The number of hydrogen-bond donors (Lipinski definition) is 1. The van der Waals surface area contributed by atoms with Gasteiger partial charge in [-0.2, -0.15) is 0 Å². The van der Waals surface area contributed by atoms with Crippen molar-refractivity contribution in [2.45, 2.75) is 0 Å². The lowest BCUT2D eigenvalue weighted by atomic mass is 10.1. The van der Waals surface area contributed by atoms with Crippen LogP contribution in [0, 0.1) is 12.3 Å². The Morgan fingerprint density at radius 1 is 1.03 bits per heavy atom. The van der Waals surface area contributed by atoms with E-state index in [1.165, 1.54) is 0 Å². The van der Waals surface area contributed by atoms with E-state index in [1.54, 1.807) is 32.4 Å². The van der Waals surface area contributed by atoms with Gasteiger partial charge in [0, 0.05) is 31.4 Å². The van der Waals surface area contributed by atoms with Crippen LogP contribution in [0.3, 0.4) is 0 Å². The number of rotatable bonds is 11. The number of aliphatic imine (C=N–C) groups is 2. The van der Waals surface area contributed by atoms with Crippen LogP contribution in [0.15, 0.2) is 46.4 Å². The Bertz CT molecular complexity index is 903. The van der Waals surface area contributed by atoms with Crippen molar-refractivity contribution in [2.24, 2.45) is 15.7 Å². The highest BCUT2D eigenvalue weighted by atomic mass is 16.5. The van der Waals surface area contributed by atoms with Crippen LogP contribution in [0.4, 0.5) is 11.4 Å². The van der Waals surface area contributed by atoms with Crippen molar-refractivity contribution in [1.29, 1.82) is 0 Å². The first-order valence-corrected chi connectivity index (χ1v) is 8.92. The van der Waals surface area contributed by atoms with Crippen LogP contribution in [-0.4, -0.2) is 53.2 Å². The molecule has 2 rings (SSSR count). The van der Waals surface area contributed by atoms with E-state index in [9.17, 15) is 0 Å². The topological polar surface area (TPSA) is 87.7 Å². The summed E-state index contributed by atoms with van der Waals surface area (Å²) in [6.07, 6.45) is 5.45. The summed E-state index contributed by atoms with van der Waals surface area (Å²) in [6.45, 7) is 5.19. The molecule has 0 unspecified atom stereocenters. The molecule has 0 aromatic heterocycles. The monoisotopic (exact) mass is 395 g/mol. The molecule has 0 fully saturated rings. The first-order valence-electron chi connectivity index (χ1n) is 8.92. The number of nitrogens with zero attached hydrogens (tertiary/aromatic N) is 2. The third kappa shape index (κ3) is 6.35. The molecule has 0 spiro atoms. The number of benzene rings is 2. The number of ether oxygens (including phenoxy) is 4. The molecule has 7 nitrogen and oxygen atoms in total. The Morgan fingerprint density at radius 3 is 2.28 bits per heavy atom. The van der Waals surface area contributed by atoms with Gasteiger partial charge in [0.1, 0.15) is 19.0 Å². The molecule has 0 saturated heterocycles. The highest BCUT2D eigenvalue weighted by Gasteiger charge is 2.15. The number of nitrogens with two attached hydrogens (primary N) is 1. The molecule has 0 aliphatic rings. The average Bonchev–Trinajstić information content (AvgIpc) is 2.74. The molecule has 0 heterocycles. The molecule has 2 aromatic rings. The zero-order chi connectivity index (χ0) is 21.1. The van der Waals surface area contributed by atoms with Crippen molar-refractivity contribution < 1.29 is 18.9 Å². The van der Waals surface area contributed by atoms with E-state index in [4.69, 9.17) is 31.1 Å². The lowest BCUT2D eigenvalue weighted by Crippen LogP contribution is -2.15. The summed E-state index contributed by atoms with van der Waals surface area (Å²) in [5, 5.41) is 0. The van der Waals surface area contributed by atoms with E-state index in [1.807, 2.05) is 18.2 Å². The van der Waals surface area contributed by atoms with Crippen LogP contribution in [-0.2, 0) is 9.47 Å². The number of terminal acetylenes is 1. The normalized spacial score (nSPS) is 11.0. The summed E-state index contributed by atoms with van der Waals surface area (Å²) < 4.78 is 21.6. The van der Waals surface area contributed by atoms with Gasteiger partial charge in [-0.25, -0.2) is 4.99 Å². The second-order valence-corrected chi connectivity index (χ2v) is 5.85. The molecule has 0 aliphatic carbocycles. The summed E-state index contributed by atoms with van der Waals surface area (Å²) in [4.78, 5) is 8.52. The van der Waals surface area contributed by atoms with Crippen LogP contribution in [0.5, 0.6) is 11.5 Å². The van der Waals surface area contributed by atoms with Crippen molar-refractivity contribution >= 4 is 23.9 Å². The highest BCUT2D eigenvalue weighted by Crippen LogP contribution is 2.35. The predicted molar refractivity (Wildman–Crippen MR) is 115 cm³/mol. The van der Waals surface area contributed by atoms with Crippen molar-refractivity contribution in [1.82, 2.24) is 0 Å². The molecule has 2 N–H and O–H groups in total. The van der Waals surface area contributed by atoms with E-state index in [-0.39, 0.29) is 5.84 Å². The van der Waals surface area contributed by atoms with Gasteiger partial charge in [0.15, 0.2) is 11.5 Å². The maximum absolute atomic E-state index is 6.26. The second-order valence-electron chi connectivity index (χ2n) is 5.85. The lowest BCUT2D eigenvalue weighted by Gasteiger charge is -2.16. The average molecular weight is 395 g/mol. The molecule has 29 heavy (non-hydrogen) atoms. The van der Waals surface area contributed by atoms with Crippen molar-refractivity contribution in [3.05, 3.63) is 47.5 Å². The van der Waals surface area contributed by atoms with Gasteiger partial charge in [-0.3, -0.25) is 4.99 Å². The molecule has 0 atom stereocenters. The van der Waals surface area contributed by atoms with Crippen molar-refractivity contribution in [2.75, 3.05) is 40.6 Å². The Hall–Kier alpha value is -3.34. The van der Waals surface area contributed by atoms with Crippen LogP contribution >= 0.6 is 0 Å². The van der Waals surface area contributed by atoms with E-state index in [2.05, 4.69) is 22.6 Å². The van der Waals surface area contributed by atoms with Gasteiger partial charge in [0.2, 0.25) is 0 Å².